The fraction of sp³-hybridized carbons (Fsp3) is 0.714. The van der Waals surface area contributed by atoms with E-state index in [1.807, 2.05) is 20.8 Å². The van der Waals surface area contributed by atoms with Crippen molar-refractivity contribution in [1.29, 1.82) is 0 Å². The second kappa shape index (κ2) is 6.14. The molecule has 4 heteroatoms. The van der Waals surface area contributed by atoms with Crippen LogP contribution >= 0.6 is 0 Å². The molecule has 0 fully saturated rings. The summed E-state index contributed by atoms with van der Waals surface area (Å²) in [5.74, 6) is -1.34. The molecular weight excluding hydrogens is 232 g/mol. The van der Waals surface area contributed by atoms with Gasteiger partial charge in [-0.15, -0.1) is 0 Å². The van der Waals surface area contributed by atoms with E-state index in [-0.39, 0.29) is 23.5 Å². The van der Waals surface area contributed by atoms with Gasteiger partial charge in [-0.05, 0) is 18.8 Å². The van der Waals surface area contributed by atoms with Crippen LogP contribution in [0.4, 0.5) is 0 Å². The number of rotatable bonds is 6. The lowest BCUT2D eigenvalue weighted by molar-refractivity contribution is -0.126. The lowest BCUT2D eigenvalue weighted by Crippen LogP contribution is -2.25. The molecule has 2 atom stereocenters. The monoisotopic (exact) mass is 254 g/mol. The molecule has 0 aliphatic heterocycles. The van der Waals surface area contributed by atoms with Crippen LogP contribution in [0.5, 0.6) is 0 Å². The highest BCUT2D eigenvalue weighted by Gasteiger charge is 2.43. The van der Waals surface area contributed by atoms with Crippen molar-refractivity contribution >= 4 is 11.6 Å². The highest BCUT2D eigenvalue weighted by Crippen LogP contribution is 2.33. The Kier molecular flexibility index (Phi) is 5.08. The number of aliphatic hydroxyl groups is 2. The molecule has 2 N–H and O–H groups in total. The smallest absolute Gasteiger partial charge is 0.198 e. The molecule has 0 amide bonds. The zero-order valence-corrected chi connectivity index (χ0v) is 11.3. The maximum absolute atomic E-state index is 11.8. The van der Waals surface area contributed by atoms with Crippen molar-refractivity contribution in [2.75, 3.05) is 0 Å². The fourth-order valence-corrected chi connectivity index (χ4v) is 2.23. The number of carbonyl (C=O) groups excluding carboxylic acids is 2. The van der Waals surface area contributed by atoms with Crippen LogP contribution in [0.1, 0.15) is 46.5 Å². The first-order chi connectivity index (χ1) is 8.40. The summed E-state index contributed by atoms with van der Waals surface area (Å²) in [6, 6.07) is 0. The van der Waals surface area contributed by atoms with Crippen molar-refractivity contribution in [1.82, 2.24) is 0 Å². The Hall–Kier alpha value is -1.16. The summed E-state index contributed by atoms with van der Waals surface area (Å²) >= 11 is 0. The van der Waals surface area contributed by atoms with Crippen molar-refractivity contribution in [2.24, 2.45) is 11.8 Å². The number of hydrogen-bond donors (Lipinski definition) is 2. The third kappa shape index (κ3) is 2.99. The Bertz CT molecular complexity index is 368. The maximum atomic E-state index is 11.8. The number of aliphatic hydroxyl groups excluding tert-OH is 2. The molecule has 0 heterocycles. The molecule has 1 rings (SSSR count). The SMILES string of the molecule is CCCC(=O)C1=C(O)[C@H](CCC(C)C)[C@H](O)C1=O. The van der Waals surface area contributed by atoms with Crippen LogP contribution in [0.25, 0.3) is 0 Å². The van der Waals surface area contributed by atoms with E-state index in [2.05, 4.69) is 0 Å². The van der Waals surface area contributed by atoms with Gasteiger partial charge in [0, 0.05) is 6.42 Å². The molecule has 0 saturated heterocycles. The zero-order chi connectivity index (χ0) is 13.9. The van der Waals surface area contributed by atoms with E-state index >= 15 is 0 Å². The van der Waals surface area contributed by atoms with Crippen molar-refractivity contribution in [3.8, 4) is 0 Å². The number of ketones is 2. The maximum Gasteiger partial charge on any atom is 0.198 e. The molecule has 0 aromatic carbocycles. The standard InChI is InChI=1S/C14H22O4/c1-4-5-10(15)11-12(16)9(7-6-8(2)3)13(17)14(11)18/h8-9,13,16-17H,4-7H2,1-3H3/t9-,13-/m0/s1. The number of hydrogen-bond acceptors (Lipinski definition) is 4. The van der Waals surface area contributed by atoms with Gasteiger partial charge in [0.15, 0.2) is 11.6 Å². The fourth-order valence-electron chi connectivity index (χ4n) is 2.23. The van der Waals surface area contributed by atoms with Crippen LogP contribution < -0.4 is 0 Å². The molecule has 0 unspecified atom stereocenters. The Morgan fingerprint density at radius 1 is 1.39 bits per heavy atom. The van der Waals surface area contributed by atoms with Crippen LogP contribution in [0.3, 0.4) is 0 Å². The molecule has 1 aliphatic rings. The summed E-state index contributed by atoms with van der Waals surface area (Å²) in [5, 5.41) is 19.8. The molecule has 18 heavy (non-hydrogen) atoms. The molecule has 0 saturated carbocycles. The predicted molar refractivity (Wildman–Crippen MR) is 68.1 cm³/mol. The first-order valence-corrected chi connectivity index (χ1v) is 6.58. The van der Waals surface area contributed by atoms with Gasteiger partial charge in [-0.1, -0.05) is 27.2 Å². The van der Waals surface area contributed by atoms with Crippen molar-refractivity contribution in [3.63, 3.8) is 0 Å². The summed E-state index contributed by atoms with van der Waals surface area (Å²) in [6.45, 7) is 5.90. The van der Waals surface area contributed by atoms with Crippen LogP contribution in [-0.4, -0.2) is 27.9 Å². The van der Waals surface area contributed by atoms with Crippen LogP contribution in [-0.2, 0) is 9.59 Å². The molecule has 1 aliphatic carbocycles. The Labute approximate surface area is 108 Å². The van der Waals surface area contributed by atoms with Crippen LogP contribution in [0.2, 0.25) is 0 Å². The molecule has 0 aromatic rings. The first-order valence-electron chi connectivity index (χ1n) is 6.58. The lowest BCUT2D eigenvalue weighted by atomic mass is 9.94. The topological polar surface area (TPSA) is 74.6 Å². The van der Waals surface area contributed by atoms with Gasteiger partial charge < -0.3 is 10.2 Å². The largest absolute Gasteiger partial charge is 0.511 e. The molecule has 4 nitrogen and oxygen atoms in total. The highest BCUT2D eigenvalue weighted by atomic mass is 16.3. The predicted octanol–water partition coefficient (Wildman–Crippen LogP) is 2.16. The average Bonchev–Trinajstić information content (AvgIpc) is 2.48. The van der Waals surface area contributed by atoms with Crippen molar-refractivity contribution in [2.45, 2.75) is 52.6 Å². The van der Waals surface area contributed by atoms with Gasteiger partial charge in [0.2, 0.25) is 0 Å². The van der Waals surface area contributed by atoms with Crippen LogP contribution in [0.15, 0.2) is 11.3 Å². The average molecular weight is 254 g/mol. The van der Waals surface area contributed by atoms with E-state index < -0.39 is 17.8 Å². The lowest BCUT2D eigenvalue weighted by Gasteiger charge is -2.15. The Balaban J connectivity index is 2.87. The molecular formula is C14H22O4. The molecule has 0 spiro atoms. The van der Waals surface area contributed by atoms with E-state index in [9.17, 15) is 19.8 Å². The van der Waals surface area contributed by atoms with Crippen molar-refractivity contribution < 1.29 is 19.8 Å². The second-order valence-electron chi connectivity index (χ2n) is 5.32. The molecule has 0 aromatic heterocycles. The van der Waals surface area contributed by atoms with Gasteiger partial charge in [-0.25, -0.2) is 0 Å². The minimum atomic E-state index is -1.25. The molecule has 0 radical (unpaired) electrons. The van der Waals surface area contributed by atoms with E-state index in [1.165, 1.54) is 0 Å². The quantitative estimate of drug-likeness (QED) is 0.712. The van der Waals surface area contributed by atoms with Crippen molar-refractivity contribution in [3.05, 3.63) is 11.3 Å². The van der Waals surface area contributed by atoms with E-state index in [1.54, 1.807) is 0 Å². The van der Waals surface area contributed by atoms with Crippen LogP contribution in [0, 0.1) is 11.8 Å². The van der Waals surface area contributed by atoms with Gasteiger partial charge in [0.05, 0.1) is 5.92 Å². The third-order valence-electron chi connectivity index (χ3n) is 3.31. The Morgan fingerprint density at radius 3 is 2.50 bits per heavy atom. The summed E-state index contributed by atoms with van der Waals surface area (Å²) in [5.41, 5.74) is -0.168. The van der Waals surface area contributed by atoms with Gasteiger partial charge in [-0.2, -0.15) is 0 Å². The minimum absolute atomic E-state index is 0.168. The normalized spacial score (nSPS) is 24.2. The second-order valence-corrected chi connectivity index (χ2v) is 5.32. The molecule has 0 bridgehead atoms. The third-order valence-corrected chi connectivity index (χ3v) is 3.31. The number of carbonyl (C=O) groups is 2. The summed E-state index contributed by atoms with van der Waals surface area (Å²) in [4.78, 5) is 23.5. The van der Waals surface area contributed by atoms with Gasteiger partial charge in [0.25, 0.3) is 0 Å². The summed E-state index contributed by atoms with van der Waals surface area (Å²) < 4.78 is 0. The number of Topliss-reactive ketones (excluding diaryl/α,β-unsaturated/α-hetero) is 2. The van der Waals surface area contributed by atoms with E-state index in [0.29, 0.717) is 18.8 Å². The summed E-state index contributed by atoms with van der Waals surface area (Å²) in [6.07, 6.45) is 0.928. The minimum Gasteiger partial charge on any atom is -0.511 e. The van der Waals surface area contributed by atoms with E-state index in [0.717, 1.165) is 6.42 Å². The highest BCUT2D eigenvalue weighted by molar-refractivity contribution is 6.23. The van der Waals surface area contributed by atoms with E-state index in [4.69, 9.17) is 0 Å². The first kappa shape index (κ1) is 14.9. The van der Waals surface area contributed by atoms with Gasteiger partial charge in [0.1, 0.15) is 17.4 Å². The summed E-state index contributed by atoms with van der Waals surface area (Å²) in [7, 11) is 0. The van der Waals surface area contributed by atoms with Gasteiger partial charge in [-0.3, -0.25) is 9.59 Å². The zero-order valence-electron chi connectivity index (χ0n) is 11.3. The molecule has 102 valence electrons. The van der Waals surface area contributed by atoms with Gasteiger partial charge >= 0.3 is 0 Å². The Morgan fingerprint density at radius 2 is 2.00 bits per heavy atom.